The van der Waals surface area contributed by atoms with Gasteiger partial charge in [0.2, 0.25) is 0 Å². The topological polar surface area (TPSA) is 6.48 Å². The van der Waals surface area contributed by atoms with Gasteiger partial charge in [-0.05, 0) is 151 Å². The molecule has 12 rings (SSSR count). The first-order valence-corrected chi connectivity index (χ1v) is 24.8. The van der Waals surface area contributed by atoms with Crippen LogP contribution < -0.4 is 9.80 Å². The molecule has 0 aliphatic carbocycles. The summed E-state index contributed by atoms with van der Waals surface area (Å²) in [5.74, 6) is 0. The van der Waals surface area contributed by atoms with Crippen LogP contribution in [0.2, 0.25) is 0 Å². The number of hydrogen-bond acceptors (Lipinski definition) is 2. The summed E-state index contributed by atoms with van der Waals surface area (Å²) < 4.78 is 1.07. The molecule has 0 aromatic heterocycles. The zero-order valence-electron chi connectivity index (χ0n) is 39.1. The predicted molar refractivity (Wildman–Crippen MR) is 313 cm³/mol. The van der Waals surface area contributed by atoms with Gasteiger partial charge in [-0.15, -0.1) is 0 Å². The molecule has 0 saturated heterocycles. The van der Waals surface area contributed by atoms with E-state index < -0.39 is 0 Å². The fourth-order valence-corrected chi connectivity index (χ4v) is 9.73. The minimum absolute atomic E-state index is 0. The first-order chi connectivity index (χ1) is 35.1. The van der Waals surface area contributed by atoms with E-state index in [-0.39, 0.29) is 7.43 Å². The van der Waals surface area contributed by atoms with Crippen molar-refractivity contribution in [3.63, 3.8) is 0 Å². The molecule has 346 valence electrons. The van der Waals surface area contributed by atoms with Gasteiger partial charge in [0, 0.05) is 38.6 Å². The number of rotatable bonds is 10. The molecule has 0 bridgehead atoms. The molecule has 0 saturated carbocycles. The van der Waals surface area contributed by atoms with Crippen LogP contribution in [0.3, 0.4) is 0 Å². The number of para-hydroxylation sites is 1. The van der Waals surface area contributed by atoms with Crippen LogP contribution in [0.15, 0.2) is 302 Å². The van der Waals surface area contributed by atoms with Gasteiger partial charge < -0.3 is 9.80 Å². The highest BCUT2D eigenvalue weighted by molar-refractivity contribution is 9.10. The summed E-state index contributed by atoms with van der Waals surface area (Å²) in [6, 6.07) is 106. The number of anilines is 6. The van der Waals surface area contributed by atoms with E-state index in [1.54, 1.807) is 0 Å². The lowest BCUT2D eigenvalue weighted by Crippen LogP contribution is -2.09. The molecule has 0 fully saturated rings. The van der Waals surface area contributed by atoms with E-state index in [0.717, 1.165) is 38.6 Å². The van der Waals surface area contributed by atoms with E-state index in [0.29, 0.717) is 0 Å². The Balaban J connectivity index is 0.000000163. The Bertz CT molecular complexity index is 3640. The van der Waals surface area contributed by atoms with Crippen LogP contribution in [0.5, 0.6) is 0 Å². The van der Waals surface area contributed by atoms with Crippen LogP contribution in [0, 0.1) is 0 Å². The van der Waals surface area contributed by atoms with Crippen molar-refractivity contribution in [2.24, 2.45) is 0 Å². The van der Waals surface area contributed by atoms with Crippen molar-refractivity contribution in [2.75, 3.05) is 9.80 Å². The van der Waals surface area contributed by atoms with E-state index in [1.807, 2.05) is 0 Å². The third-order valence-electron chi connectivity index (χ3n) is 13.0. The van der Waals surface area contributed by atoms with E-state index in [1.165, 1.54) is 66.1 Å². The van der Waals surface area contributed by atoms with Gasteiger partial charge in [-0.25, -0.2) is 0 Å². The molecular weight excluding hydrogens is 937 g/mol. The van der Waals surface area contributed by atoms with Gasteiger partial charge in [0.15, 0.2) is 0 Å². The fourth-order valence-electron chi connectivity index (χ4n) is 9.46. The number of benzene rings is 12. The molecular formula is C69H53BrN2. The summed E-state index contributed by atoms with van der Waals surface area (Å²) in [6.07, 6.45) is 0. The largest absolute Gasteiger partial charge is 0.311 e. The second-order valence-electron chi connectivity index (χ2n) is 17.5. The molecule has 2 nitrogen and oxygen atoms in total. The summed E-state index contributed by atoms with van der Waals surface area (Å²) in [7, 11) is 0. The molecule has 0 unspecified atom stereocenters. The molecule has 12 aromatic rings. The number of hydrogen-bond donors (Lipinski definition) is 0. The first kappa shape index (κ1) is 46.9. The second-order valence-corrected chi connectivity index (χ2v) is 18.4. The van der Waals surface area contributed by atoms with E-state index in [2.05, 4.69) is 323 Å². The van der Waals surface area contributed by atoms with Gasteiger partial charge in [-0.1, -0.05) is 236 Å². The highest BCUT2D eigenvalue weighted by Crippen LogP contribution is 2.40. The second kappa shape index (κ2) is 21.9. The smallest absolute Gasteiger partial charge is 0.0462 e. The lowest BCUT2D eigenvalue weighted by Gasteiger charge is -2.26. The van der Waals surface area contributed by atoms with Gasteiger partial charge in [-0.2, -0.15) is 0 Å². The molecule has 0 radical (unpaired) electrons. The monoisotopic (exact) mass is 988 g/mol. The molecule has 0 amide bonds. The lowest BCUT2D eigenvalue weighted by molar-refractivity contribution is 1.28. The highest BCUT2D eigenvalue weighted by Gasteiger charge is 2.16. The van der Waals surface area contributed by atoms with Crippen LogP contribution in [0.1, 0.15) is 7.43 Å². The van der Waals surface area contributed by atoms with Gasteiger partial charge in [0.1, 0.15) is 0 Å². The van der Waals surface area contributed by atoms with E-state index in [4.69, 9.17) is 0 Å². The fraction of sp³-hybridized carbons (Fsp3) is 0.0145. The van der Waals surface area contributed by atoms with Crippen molar-refractivity contribution in [3.05, 3.63) is 302 Å². The van der Waals surface area contributed by atoms with Crippen molar-refractivity contribution >= 4 is 71.6 Å². The van der Waals surface area contributed by atoms with Crippen LogP contribution in [0.25, 0.3) is 66.1 Å². The van der Waals surface area contributed by atoms with Crippen molar-refractivity contribution in [1.82, 2.24) is 0 Å². The minimum Gasteiger partial charge on any atom is -0.311 e. The first-order valence-electron chi connectivity index (χ1n) is 24.0. The van der Waals surface area contributed by atoms with Crippen molar-refractivity contribution in [3.8, 4) is 44.5 Å². The average molecular weight is 990 g/mol. The molecule has 0 spiro atoms. The Labute approximate surface area is 432 Å². The maximum absolute atomic E-state index is 3.58. The normalized spacial score (nSPS) is 10.7. The molecule has 3 heteroatoms. The quantitative estimate of drug-likeness (QED) is 0.135. The lowest BCUT2D eigenvalue weighted by atomic mass is 9.98. The molecule has 72 heavy (non-hydrogen) atoms. The molecule has 12 aromatic carbocycles. The molecule has 0 aliphatic rings. The van der Waals surface area contributed by atoms with Gasteiger partial charge in [-0.3, -0.25) is 0 Å². The van der Waals surface area contributed by atoms with Crippen LogP contribution in [-0.2, 0) is 0 Å². The molecule has 0 N–H and O–H groups in total. The Kier molecular flexibility index (Phi) is 14.3. The Morgan fingerprint density at radius 2 is 0.472 bits per heavy atom. The Morgan fingerprint density at radius 1 is 0.208 bits per heavy atom. The number of nitrogens with zero attached hydrogens (tertiary/aromatic N) is 2. The summed E-state index contributed by atoms with van der Waals surface area (Å²) in [4.78, 5) is 4.61. The average Bonchev–Trinajstić information content (AvgIpc) is 3.45. The standard InChI is InChI=1S/C34H24BrN.C34H25N.CH4/c35-29-17-23-32(24-18-29)36(30-19-13-26(14-20-30)25-7-2-1-3-8-25)31-21-15-28(16-22-31)34-12-6-10-27-9-4-5-11-33(27)34;1-3-10-26(11-4-1)27-18-22-31(23-19-27)35(30-14-5-2-6-15-30)32-24-20-29(21-25-32)34-17-9-13-28-12-7-8-16-33(28)34;/h1-24H;1-25H;1H4. The molecule has 0 aliphatic heterocycles. The minimum atomic E-state index is 0. The summed E-state index contributed by atoms with van der Waals surface area (Å²) in [5.41, 5.74) is 16.6. The van der Waals surface area contributed by atoms with Crippen LogP contribution in [0.4, 0.5) is 34.1 Å². The Morgan fingerprint density at radius 3 is 0.847 bits per heavy atom. The van der Waals surface area contributed by atoms with Gasteiger partial charge in [0.05, 0.1) is 0 Å². The summed E-state index contributed by atoms with van der Waals surface area (Å²) >= 11 is 3.58. The molecule has 0 atom stereocenters. The van der Waals surface area contributed by atoms with Crippen molar-refractivity contribution < 1.29 is 0 Å². The van der Waals surface area contributed by atoms with E-state index >= 15 is 0 Å². The number of halogens is 1. The third-order valence-corrected chi connectivity index (χ3v) is 13.5. The van der Waals surface area contributed by atoms with Crippen molar-refractivity contribution in [2.45, 2.75) is 7.43 Å². The highest BCUT2D eigenvalue weighted by atomic mass is 79.9. The third kappa shape index (κ3) is 10.3. The van der Waals surface area contributed by atoms with Gasteiger partial charge >= 0.3 is 0 Å². The van der Waals surface area contributed by atoms with Crippen LogP contribution in [-0.4, -0.2) is 0 Å². The molecule has 0 heterocycles. The predicted octanol–water partition coefficient (Wildman–Crippen LogP) is 20.7. The van der Waals surface area contributed by atoms with Crippen LogP contribution >= 0.6 is 15.9 Å². The zero-order chi connectivity index (χ0) is 47.8. The summed E-state index contributed by atoms with van der Waals surface area (Å²) in [5, 5.41) is 5.07. The SMILES string of the molecule is Brc1ccc(N(c2ccc(-c3ccccc3)cc2)c2ccc(-c3cccc4ccccc34)cc2)cc1.C.c1ccc(-c2ccc(N(c3ccccc3)c3ccc(-c4cccc5ccccc45)cc3)cc2)cc1. The summed E-state index contributed by atoms with van der Waals surface area (Å²) in [6.45, 7) is 0. The van der Waals surface area contributed by atoms with Gasteiger partial charge in [0.25, 0.3) is 0 Å². The Hall–Kier alpha value is -8.76. The van der Waals surface area contributed by atoms with E-state index in [9.17, 15) is 0 Å². The zero-order valence-corrected chi connectivity index (χ0v) is 40.6. The number of fused-ring (bicyclic) bond motifs is 2. The van der Waals surface area contributed by atoms with Crippen molar-refractivity contribution in [1.29, 1.82) is 0 Å². The maximum atomic E-state index is 3.58. The maximum Gasteiger partial charge on any atom is 0.0462 e.